The number of hydrogen-bond donors (Lipinski definition) is 2. The molecule has 0 heterocycles. The second-order valence-corrected chi connectivity index (χ2v) is 5.31. The van der Waals surface area contributed by atoms with E-state index >= 15 is 0 Å². The summed E-state index contributed by atoms with van der Waals surface area (Å²) < 4.78 is 0. The normalized spacial score (nSPS) is 10.5. The van der Waals surface area contributed by atoms with Crippen molar-refractivity contribution < 1.29 is 0 Å². The Morgan fingerprint density at radius 2 is 1.75 bits per heavy atom. The second kappa shape index (κ2) is 7.93. The smallest absolute Gasteiger partial charge is 0.0426 e. The Morgan fingerprint density at radius 3 is 2.55 bits per heavy atom. The molecule has 0 atom stereocenters. The molecule has 0 saturated carbocycles. The van der Waals surface area contributed by atoms with Gasteiger partial charge < -0.3 is 10.6 Å². The van der Waals surface area contributed by atoms with E-state index in [1.807, 2.05) is 24.3 Å². The first-order valence-electron chi connectivity index (χ1n) is 7.00. The predicted octanol–water partition coefficient (Wildman–Crippen LogP) is 3.89. The highest BCUT2D eigenvalue weighted by Gasteiger charge is 1.98. The van der Waals surface area contributed by atoms with Crippen molar-refractivity contribution >= 4 is 17.3 Å². The van der Waals surface area contributed by atoms with Gasteiger partial charge in [-0.3, -0.25) is 0 Å². The Hall–Kier alpha value is -1.51. The van der Waals surface area contributed by atoms with Crippen molar-refractivity contribution in [1.29, 1.82) is 0 Å². The van der Waals surface area contributed by atoms with Crippen LogP contribution >= 0.6 is 11.6 Å². The van der Waals surface area contributed by atoms with E-state index in [2.05, 4.69) is 41.8 Å². The molecule has 2 aromatic rings. The van der Waals surface area contributed by atoms with Gasteiger partial charge in [-0.2, -0.15) is 0 Å². The summed E-state index contributed by atoms with van der Waals surface area (Å²) in [6, 6.07) is 16.5. The largest absolute Gasteiger partial charge is 0.384 e. The highest BCUT2D eigenvalue weighted by atomic mass is 35.5. The quantitative estimate of drug-likeness (QED) is 0.755. The zero-order valence-corrected chi connectivity index (χ0v) is 12.6. The topological polar surface area (TPSA) is 24.1 Å². The molecule has 0 unspecified atom stereocenters. The highest BCUT2D eigenvalue weighted by Crippen LogP contribution is 2.19. The van der Waals surface area contributed by atoms with E-state index in [1.54, 1.807) is 0 Å². The van der Waals surface area contributed by atoms with Crippen molar-refractivity contribution in [3.05, 3.63) is 64.7 Å². The lowest BCUT2D eigenvalue weighted by Gasteiger charge is -2.10. The minimum Gasteiger partial charge on any atom is -0.384 e. The Morgan fingerprint density at radius 1 is 0.950 bits per heavy atom. The van der Waals surface area contributed by atoms with Crippen LogP contribution in [0.4, 0.5) is 5.69 Å². The fraction of sp³-hybridized carbons (Fsp3) is 0.294. The SMILES string of the molecule is Cc1ccc(Cl)cc1NCCNCCc1ccccc1. The maximum absolute atomic E-state index is 5.99. The molecule has 0 amide bonds. The highest BCUT2D eigenvalue weighted by molar-refractivity contribution is 6.30. The molecule has 0 spiro atoms. The Kier molecular flexibility index (Phi) is 5.90. The molecule has 0 aliphatic carbocycles. The monoisotopic (exact) mass is 288 g/mol. The fourth-order valence-electron chi connectivity index (χ4n) is 2.07. The Bertz CT molecular complexity index is 526. The molecule has 0 radical (unpaired) electrons. The molecule has 0 aliphatic heterocycles. The van der Waals surface area contributed by atoms with Gasteiger partial charge in [0.1, 0.15) is 0 Å². The van der Waals surface area contributed by atoms with Crippen LogP contribution in [0.15, 0.2) is 48.5 Å². The third-order valence-electron chi connectivity index (χ3n) is 3.25. The summed E-state index contributed by atoms with van der Waals surface area (Å²) in [6.07, 6.45) is 1.07. The number of benzene rings is 2. The third-order valence-corrected chi connectivity index (χ3v) is 3.49. The molecule has 0 bridgehead atoms. The van der Waals surface area contributed by atoms with Gasteiger partial charge in [0.05, 0.1) is 0 Å². The summed E-state index contributed by atoms with van der Waals surface area (Å²) in [4.78, 5) is 0. The molecule has 3 heteroatoms. The summed E-state index contributed by atoms with van der Waals surface area (Å²) in [7, 11) is 0. The zero-order chi connectivity index (χ0) is 14.2. The second-order valence-electron chi connectivity index (χ2n) is 4.87. The van der Waals surface area contributed by atoms with Gasteiger partial charge >= 0.3 is 0 Å². The average Bonchev–Trinajstić information content (AvgIpc) is 2.47. The minimum absolute atomic E-state index is 0.773. The molecule has 106 valence electrons. The maximum Gasteiger partial charge on any atom is 0.0426 e. The molecule has 2 nitrogen and oxygen atoms in total. The molecule has 0 aliphatic rings. The standard InChI is InChI=1S/C17H21ClN2/c1-14-7-8-16(18)13-17(14)20-12-11-19-10-9-15-5-3-2-4-6-15/h2-8,13,19-20H,9-12H2,1H3. The van der Waals surface area contributed by atoms with Crippen LogP contribution in [-0.4, -0.2) is 19.6 Å². The lowest BCUT2D eigenvalue weighted by Crippen LogP contribution is -2.24. The number of halogens is 1. The van der Waals surface area contributed by atoms with Gasteiger partial charge in [-0.1, -0.05) is 48.0 Å². The van der Waals surface area contributed by atoms with Gasteiger partial charge in [0.25, 0.3) is 0 Å². The summed E-state index contributed by atoms with van der Waals surface area (Å²) in [5.74, 6) is 0. The van der Waals surface area contributed by atoms with Crippen molar-refractivity contribution in [2.24, 2.45) is 0 Å². The maximum atomic E-state index is 5.99. The van der Waals surface area contributed by atoms with E-state index in [1.165, 1.54) is 11.1 Å². The van der Waals surface area contributed by atoms with Crippen molar-refractivity contribution in [3.63, 3.8) is 0 Å². The molecular weight excluding hydrogens is 268 g/mol. The molecule has 2 aromatic carbocycles. The van der Waals surface area contributed by atoms with E-state index in [4.69, 9.17) is 11.6 Å². The van der Waals surface area contributed by atoms with Crippen molar-refractivity contribution in [1.82, 2.24) is 5.32 Å². The summed E-state index contributed by atoms with van der Waals surface area (Å²) in [5.41, 5.74) is 3.71. The number of nitrogens with one attached hydrogen (secondary N) is 2. The van der Waals surface area contributed by atoms with Crippen LogP contribution in [0, 0.1) is 6.92 Å². The Labute approximate surface area is 126 Å². The molecule has 0 saturated heterocycles. The van der Waals surface area contributed by atoms with Gasteiger partial charge in [-0.15, -0.1) is 0 Å². The number of hydrogen-bond acceptors (Lipinski definition) is 2. The molecule has 2 rings (SSSR count). The van der Waals surface area contributed by atoms with Crippen LogP contribution in [0.3, 0.4) is 0 Å². The molecular formula is C17H21ClN2. The Balaban J connectivity index is 1.63. The van der Waals surface area contributed by atoms with Gasteiger partial charge in [0, 0.05) is 23.8 Å². The van der Waals surface area contributed by atoms with Crippen molar-refractivity contribution in [2.75, 3.05) is 25.0 Å². The third kappa shape index (κ3) is 4.87. The van der Waals surface area contributed by atoms with Gasteiger partial charge in [0.15, 0.2) is 0 Å². The van der Waals surface area contributed by atoms with Crippen molar-refractivity contribution in [3.8, 4) is 0 Å². The van der Waals surface area contributed by atoms with E-state index in [-0.39, 0.29) is 0 Å². The first-order valence-corrected chi connectivity index (χ1v) is 7.38. The van der Waals surface area contributed by atoms with Gasteiger partial charge in [-0.25, -0.2) is 0 Å². The van der Waals surface area contributed by atoms with Crippen LogP contribution in [-0.2, 0) is 6.42 Å². The summed E-state index contributed by atoms with van der Waals surface area (Å²) >= 11 is 5.99. The summed E-state index contributed by atoms with van der Waals surface area (Å²) in [6.45, 7) is 4.93. The number of aryl methyl sites for hydroxylation is 1. The van der Waals surface area contributed by atoms with E-state index in [9.17, 15) is 0 Å². The van der Waals surface area contributed by atoms with Crippen LogP contribution in [0.5, 0.6) is 0 Å². The average molecular weight is 289 g/mol. The van der Waals surface area contributed by atoms with Crippen LogP contribution in [0.1, 0.15) is 11.1 Å². The van der Waals surface area contributed by atoms with Crippen molar-refractivity contribution in [2.45, 2.75) is 13.3 Å². The lowest BCUT2D eigenvalue weighted by molar-refractivity contribution is 0.699. The van der Waals surface area contributed by atoms with E-state index in [0.717, 1.165) is 36.8 Å². The zero-order valence-electron chi connectivity index (χ0n) is 11.8. The lowest BCUT2D eigenvalue weighted by atomic mass is 10.1. The molecule has 0 fully saturated rings. The van der Waals surface area contributed by atoms with E-state index < -0.39 is 0 Å². The van der Waals surface area contributed by atoms with Crippen LogP contribution in [0.2, 0.25) is 5.02 Å². The van der Waals surface area contributed by atoms with Gasteiger partial charge in [-0.05, 0) is 43.1 Å². The molecule has 20 heavy (non-hydrogen) atoms. The number of rotatable bonds is 7. The van der Waals surface area contributed by atoms with E-state index in [0.29, 0.717) is 0 Å². The molecule has 2 N–H and O–H groups in total. The first-order chi connectivity index (χ1) is 9.75. The predicted molar refractivity (Wildman–Crippen MR) is 87.7 cm³/mol. The van der Waals surface area contributed by atoms with Crippen LogP contribution < -0.4 is 10.6 Å². The first kappa shape index (κ1) is 14.9. The minimum atomic E-state index is 0.773. The number of anilines is 1. The molecule has 0 aromatic heterocycles. The van der Waals surface area contributed by atoms with Crippen LogP contribution in [0.25, 0.3) is 0 Å². The van der Waals surface area contributed by atoms with Gasteiger partial charge in [0.2, 0.25) is 0 Å². The fourth-order valence-corrected chi connectivity index (χ4v) is 2.24. The summed E-state index contributed by atoms with van der Waals surface area (Å²) in [5, 5.41) is 7.62.